The van der Waals surface area contributed by atoms with E-state index in [0.29, 0.717) is 17.0 Å². The van der Waals surface area contributed by atoms with Crippen molar-refractivity contribution in [1.29, 1.82) is 5.26 Å². The van der Waals surface area contributed by atoms with Gasteiger partial charge in [-0.25, -0.2) is 9.97 Å². The third kappa shape index (κ3) is 3.92. The molecule has 3 N–H and O–H groups in total. The summed E-state index contributed by atoms with van der Waals surface area (Å²) in [6.07, 6.45) is 4.93. The van der Waals surface area contributed by atoms with Crippen molar-refractivity contribution in [3.63, 3.8) is 0 Å². The van der Waals surface area contributed by atoms with E-state index >= 15 is 0 Å². The topological polar surface area (TPSA) is 95.8 Å². The molecule has 0 radical (unpaired) electrons. The Kier molecular flexibility index (Phi) is 5.68. The molecule has 0 bridgehead atoms. The second-order valence-electron chi connectivity index (χ2n) is 5.60. The molecule has 22 heavy (non-hydrogen) atoms. The quantitative estimate of drug-likeness (QED) is 0.819. The van der Waals surface area contributed by atoms with E-state index < -0.39 is 0 Å². The minimum atomic E-state index is 0.205. The molecule has 0 amide bonds. The molecule has 1 heterocycles. The van der Waals surface area contributed by atoms with Gasteiger partial charge in [0.25, 0.3) is 0 Å². The monoisotopic (exact) mass is 298 g/mol. The normalized spacial score (nSPS) is 12.2. The van der Waals surface area contributed by atoms with Crippen molar-refractivity contribution in [3.05, 3.63) is 29.5 Å². The lowest BCUT2D eigenvalue weighted by molar-refractivity contribution is 0.208. The molecule has 5 nitrogen and oxygen atoms in total. The number of fused-ring (bicyclic) bond motifs is 1. The second-order valence-corrected chi connectivity index (χ2v) is 5.60. The summed E-state index contributed by atoms with van der Waals surface area (Å²) in [4.78, 5) is 8.55. The molecule has 0 fully saturated rings. The minimum absolute atomic E-state index is 0.205. The van der Waals surface area contributed by atoms with E-state index in [9.17, 15) is 5.11 Å². The van der Waals surface area contributed by atoms with Gasteiger partial charge >= 0.3 is 0 Å². The molecule has 5 heteroatoms. The van der Waals surface area contributed by atoms with Gasteiger partial charge < -0.3 is 10.8 Å². The van der Waals surface area contributed by atoms with Crippen LogP contribution in [0.2, 0.25) is 0 Å². The number of unbranched alkanes of at least 4 members (excludes halogenated alkanes) is 1. The van der Waals surface area contributed by atoms with Gasteiger partial charge in [-0.15, -0.1) is 0 Å². The van der Waals surface area contributed by atoms with Crippen molar-refractivity contribution < 1.29 is 5.11 Å². The Morgan fingerprint density at radius 1 is 1.32 bits per heavy atom. The van der Waals surface area contributed by atoms with Crippen molar-refractivity contribution in [2.75, 3.05) is 12.3 Å². The Hall–Kier alpha value is -2.19. The van der Waals surface area contributed by atoms with Crippen LogP contribution in [-0.2, 0) is 6.42 Å². The van der Waals surface area contributed by atoms with Crippen LogP contribution < -0.4 is 5.73 Å². The molecule has 0 aliphatic rings. The number of hydrogen-bond donors (Lipinski definition) is 2. The summed E-state index contributed by atoms with van der Waals surface area (Å²) in [7, 11) is 0. The highest BCUT2D eigenvalue weighted by molar-refractivity contribution is 5.83. The van der Waals surface area contributed by atoms with Gasteiger partial charge in [0.1, 0.15) is 0 Å². The molecule has 0 spiro atoms. The number of rotatable bonds is 7. The van der Waals surface area contributed by atoms with E-state index in [-0.39, 0.29) is 12.6 Å². The number of benzene rings is 1. The zero-order valence-corrected chi connectivity index (χ0v) is 12.9. The standard InChI is InChI=1S/C17H22N4O/c1-2-3-4-12(11-22)6-8-15-14-7-5-13(10-18)9-16(14)21-17(19)20-15/h5,7,9,12,22H,2-4,6,8,11H2,1H3,(H2,19,20,21)/t12-/m0/s1. The van der Waals surface area contributed by atoms with Crippen LogP contribution in [0.15, 0.2) is 18.2 Å². The smallest absolute Gasteiger partial charge is 0.220 e. The highest BCUT2D eigenvalue weighted by Crippen LogP contribution is 2.22. The average Bonchev–Trinajstić information content (AvgIpc) is 2.54. The van der Waals surface area contributed by atoms with Crippen molar-refractivity contribution in [3.8, 4) is 6.07 Å². The Balaban J connectivity index is 2.21. The van der Waals surface area contributed by atoms with E-state index in [1.807, 2.05) is 6.07 Å². The summed E-state index contributed by atoms with van der Waals surface area (Å²) in [5.74, 6) is 0.524. The van der Waals surface area contributed by atoms with Gasteiger partial charge in [-0.3, -0.25) is 0 Å². The summed E-state index contributed by atoms with van der Waals surface area (Å²) < 4.78 is 0. The number of anilines is 1. The third-order valence-electron chi connectivity index (χ3n) is 3.94. The number of nitrogens with two attached hydrogens (primary N) is 1. The number of nitriles is 1. The number of aliphatic hydroxyl groups excluding tert-OH is 1. The van der Waals surface area contributed by atoms with Crippen LogP contribution in [0, 0.1) is 17.2 Å². The molecule has 2 rings (SSSR count). The van der Waals surface area contributed by atoms with Crippen LogP contribution >= 0.6 is 0 Å². The Labute approximate surface area is 130 Å². The maximum Gasteiger partial charge on any atom is 0.220 e. The average molecular weight is 298 g/mol. The van der Waals surface area contributed by atoms with Crippen LogP contribution in [0.4, 0.5) is 5.95 Å². The maximum absolute atomic E-state index is 9.47. The van der Waals surface area contributed by atoms with Crippen LogP contribution in [0.5, 0.6) is 0 Å². The first-order chi connectivity index (χ1) is 10.7. The molecule has 1 atom stereocenters. The Morgan fingerprint density at radius 3 is 2.82 bits per heavy atom. The second kappa shape index (κ2) is 7.71. The molecule has 0 aliphatic heterocycles. The van der Waals surface area contributed by atoms with Gasteiger partial charge in [-0.2, -0.15) is 5.26 Å². The summed E-state index contributed by atoms with van der Waals surface area (Å²) in [5, 5.41) is 19.4. The largest absolute Gasteiger partial charge is 0.396 e. The fraction of sp³-hybridized carbons (Fsp3) is 0.471. The summed E-state index contributed by atoms with van der Waals surface area (Å²) in [6, 6.07) is 7.49. The number of aliphatic hydroxyl groups is 1. The molecule has 0 unspecified atom stereocenters. The molecular weight excluding hydrogens is 276 g/mol. The highest BCUT2D eigenvalue weighted by Gasteiger charge is 2.11. The zero-order valence-electron chi connectivity index (χ0n) is 12.9. The maximum atomic E-state index is 9.47. The van der Waals surface area contributed by atoms with Gasteiger partial charge in [0, 0.05) is 12.0 Å². The minimum Gasteiger partial charge on any atom is -0.396 e. The van der Waals surface area contributed by atoms with E-state index in [4.69, 9.17) is 11.0 Å². The van der Waals surface area contributed by atoms with Gasteiger partial charge in [0.05, 0.1) is 22.8 Å². The number of hydrogen-bond acceptors (Lipinski definition) is 5. The highest BCUT2D eigenvalue weighted by atomic mass is 16.3. The molecule has 0 aliphatic carbocycles. The molecule has 0 saturated heterocycles. The van der Waals surface area contributed by atoms with Gasteiger partial charge in [-0.1, -0.05) is 19.8 Å². The molecule has 116 valence electrons. The van der Waals surface area contributed by atoms with Gasteiger partial charge in [-0.05, 0) is 43.4 Å². The van der Waals surface area contributed by atoms with Crippen molar-refractivity contribution >= 4 is 16.9 Å². The first kappa shape index (κ1) is 16.2. The third-order valence-corrected chi connectivity index (χ3v) is 3.94. The number of aromatic nitrogens is 2. The lowest BCUT2D eigenvalue weighted by atomic mass is 9.95. The van der Waals surface area contributed by atoms with Crippen LogP contribution in [0.1, 0.15) is 43.9 Å². The van der Waals surface area contributed by atoms with Crippen molar-refractivity contribution in [1.82, 2.24) is 9.97 Å². The SMILES string of the molecule is CCCC[C@H](CO)CCc1nc(N)nc2cc(C#N)ccc12. The van der Waals surface area contributed by atoms with Crippen LogP contribution in [0.3, 0.4) is 0 Å². The van der Waals surface area contributed by atoms with Crippen LogP contribution in [0.25, 0.3) is 10.9 Å². The predicted molar refractivity (Wildman–Crippen MR) is 87.1 cm³/mol. The summed E-state index contributed by atoms with van der Waals surface area (Å²) >= 11 is 0. The number of nitrogen functional groups attached to an aromatic ring is 1. The molecule has 0 saturated carbocycles. The van der Waals surface area contributed by atoms with Crippen molar-refractivity contribution in [2.24, 2.45) is 5.92 Å². The summed E-state index contributed by atoms with van der Waals surface area (Å²) in [5.41, 5.74) is 7.94. The number of aryl methyl sites for hydroxylation is 1. The Morgan fingerprint density at radius 2 is 2.14 bits per heavy atom. The van der Waals surface area contributed by atoms with Gasteiger partial charge in [0.15, 0.2) is 0 Å². The first-order valence-electron chi connectivity index (χ1n) is 7.75. The van der Waals surface area contributed by atoms with Crippen molar-refractivity contribution in [2.45, 2.75) is 39.0 Å². The first-order valence-corrected chi connectivity index (χ1v) is 7.75. The fourth-order valence-electron chi connectivity index (χ4n) is 2.64. The summed E-state index contributed by atoms with van der Waals surface area (Å²) in [6.45, 7) is 2.36. The van der Waals surface area contributed by atoms with E-state index in [2.05, 4.69) is 23.0 Å². The predicted octanol–water partition coefficient (Wildman–Crippen LogP) is 2.81. The molecular formula is C17H22N4O. The van der Waals surface area contributed by atoms with E-state index in [0.717, 1.165) is 43.2 Å². The van der Waals surface area contributed by atoms with Gasteiger partial charge in [0.2, 0.25) is 5.95 Å². The molecule has 1 aromatic carbocycles. The molecule has 2 aromatic rings. The molecule has 1 aromatic heterocycles. The van der Waals surface area contributed by atoms with Crippen LogP contribution in [-0.4, -0.2) is 21.7 Å². The fourth-order valence-corrected chi connectivity index (χ4v) is 2.64. The van der Waals surface area contributed by atoms with E-state index in [1.54, 1.807) is 12.1 Å². The van der Waals surface area contributed by atoms with E-state index in [1.165, 1.54) is 0 Å². The number of nitrogens with zero attached hydrogens (tertiary/aromatic N) is 3. The lowest BCUT2D eigenvalue weighted by Crippen LogP contribution is -2.09. The Bertz CT molecular complexity index is 678. The lowest BCUT2D eigenvalue weighted by Gasteiger charge is -2.14. The zero-order chi connectivity index (χ0) is 15.9.